The van der Waals surface area contributed by atoms with Crippen LogP contribution in [0.25, 0.3) is 0 Å². The predicted octanol–water partition coefficient (Wildman–Crippen LogP) is 3.45. The molecule has 7 heteroatoms. The number of rotatable bonds is 7. The Hall–Kier alpha value is -1.60. The summed E-state index contributed by atoms with van der Waals surface area (Å²) in [7, 11) is 0. The lowest BCUT2D eigenvalue weighted by molar-refractivity contribution is -0.253. The monoisotopic (exact) mass is 332 g/mol. The Balaban J connectivity index is 2.30. The zero-order valence-electron chi connectivity index (χ0n) is 12.7. The zero-order chi connectivity index (χ0) is 16.9. The van der Waals surface area contributed by atoms with Crippen LogP contribution >= 0.6 is 0 Å². The molecule has 0 bridgehead atoms. The van der Waals surface area contributed by atoms with Gasteiger partial charge in [0.25, 0.3) is 0 Å². The van der Waals surface area contributed by atoms with E-state index in [-0.39, 0.29) is 11.8 Å². The lowest BCUT2D eigenvalue weighted by Gasteiger charge is -2.35. The summed E-state index contributed by atoms with van der Waals surface area (Å²) in [5.74, 6) is -0.219. The number of para-hydroxylation sites is 1. The summed E-state index contributed by atoms with van der Waals surface area (Å²) < 4.78 is 55.8. The molecule has 1 N–H and O–H groups in total. The van der Waals surface area contributed by atoms with Crippen molar-refractivity contribution in [2.75, 3.05) is 26.2 Å². The molecule has 1 aromatic carbocycles. The van der Waals surface area contributed by atoms with Crippen molar-refractivity contribution < 1.29 is 22.3 Å². The molecule has 1 fully saturated rings. The van der Waals surface area contributed by atoms with E-state index in [4.69, 9.17) is 0 Å². The molecule has 0 spiro atoms. The third kappa shape index (κ3) is 4.45. The summed E-state index contributed by atoms with van der Waals surface area (Å²) in [5, 5.41) is 3.21. The number of ether oxygens (including phenoxy) is 1. The highest BCUT2D eigenvalue weighted by molar-refractivity contribution is 5.36. The Morgan fingerprint density at radius 1 is 1.26 bits per heavy atom. The number of nitrogens with zero attached hydrogens (tertiary/aromatic N) is 1. The van der Waals surface area contributed by atoms with Crippen LogP contribution in [0.15, 0.2) is 36.9 Å². The SMILES string of the molecule is C=CC[C@H](c1ccccc1OC(F)(F)C(F)F)N1CCNCC1. The fourth-order valence-corrected chi connectivity index (χ4v) is 2.66. The maximum atomic E-state index is 13.3. The number of nitrogens with one attached hydrogen (secondary N) is 1. The van der Waals surface area contributed by atoms with Gasteiger partial charge in [-0.3, -0.25) is 4.90 Å². The van der Waals surface area contributed by atoms with E-state index in [9.17, 15) is 17.6 Å². The van der Waals surface area contributed by atoms with E-state index in [2.05, 4.69) is 21.5 Å². The van der Waals surface area contributed by atoms with Crippen molar-refractivity contribution in [3.8, 4) is 5.75 Å². The molecule has 0 saturated carbocycles. The molecule has 1 heterocycles. The maximum absolute atomic E-state index is 13.3. The fraction of sp³-hybridized carbons (Fsp3) is 0.500. The molecule has 1 aromatic rings. The number of hydrogen-bond donors (Lipinski definition) is 1. The third-order valence-electron chi connectivity index (χ3n) is 3.76. The van der Waals surface area contributed by atoms with Crippen molar-refractivity contribution in [1.29, 1.82) is 0 Å². The molecule has 1 aliphatic rings. The zero-order valence-corrected chi connectivity index (χ0v) is 12.7. The summed E-state index contributed by atoms with van der Waals surface area (Å²) in [6.07, 6.45) is -6.19. The molecular weight excluding hydrogens is 312 g/mol. The maximum Gasteiger partial charge on any atom is 0.461 e. The molecule has 3 nitrogen and oxygen atoms in total. The Bertz CT molecular complexity index is 519. The minimum Gasteiger partial charge on any atom is -0.428 e. The van der Waals surface area contributed by atoms with Crippen LogP contribution in [0.4, 0.5) is 17.6 Å². The van der Waals surface area contributed by atoms with Gasteiger partial charge < -0.3 is 10.1 Å². The molecule has 0 aromatic heterocycles. The number of piperazine rings is 1. The topological polar surface area (TPSA) is 24.5 Å². The van der Waals surface area contributed by atoms with Gasteiger partial charge in [-0.2, -0.15) is 17.6 Å². The molecule has 1 aliphatic heterocycles. The van der Waals surface area contributed by atoms with Crippen molar-refractivity contribution in [2.24, 2.45) is 0 Å². The van der Waals surface area contributed by atoms with Crippen LogP contribution in [-0.2, 0) is 0 Å². The van der Waals surface area contributed by atoms with Gasteiger partial charge in [0.05, 0.1) is 0 Å². The molecule has 1 atom stereocenters. The number of halogens is 4. The van der Waals surface area contributed by atoms with Gasteiger partial charge in [0, 0.05) is 37.8 Å². The molecule has 128 valence electrons. The van der Waals surface area contributed by atoms with E-state index in [1.165, 1.54) is 12.1 Å². The van der Waals surface area contributed by atoms with Crippen LogP contribution in [0.2, 0.25) is 0 Å². The summed E-state index contributed by atoms with van der Waals surface area (Å²) in [5.41, 5.74) is 0.467. The van der Waals surface area contributed by atoms with Crippen LogP contribution < -0.4 is 10.1 Å². The normalized spacial score (nSPS) is 18.0. The Labute approximate surface area is 132 Å². The van der Waals surface area contributed by atoms with Crippen LogP contribution in [0.1, 0.15) is 18.0 Å². The van der Waals surface area contributed by atoms with E-state index < -0.39 is 12.5 Å². The molecule has 0 amide bonds. The second-order valence-electron chi connectivity index (χ2n) is 5.33. The van der Waals surface area contributed by atoms with E-state index in [1.54, 1.807) is 18.2 Å². The molecule has 23 heavy (non-hydrogen) atoms. The first-order chi connectivity index (χ1) is 11.0. The third-order valence-corrected chi connectivity index (χ3v) is 3.76. The van der Waals surface area contributed by atoms with Gasteiger partial charge in [0.1, 0.15) is 5.75 Å². The average Bonchev–Trinajstić information content (AvgIpc) is 2.54. The van der Waals surface area contributed by atoms with E-state index >= 15 is 0 Å². The molecular formula is C16H20F4N2O. The minimum absolute atomic E-state index is 0.219. The van der Waals surface area contributed by atoms with Crippen LogP contribution in [-0.4, -0.2) is 43.6 Å². The summed E-state index contributed by atoms with van der Waals surface area (Å²) >= 11 is 0. The summed E-state index contributed by atoms with van der Waals surface area (Å²) in [6, 6.07) is 5.86. The first-order valence-corrected chi connectivity index (χ1v) is 7.45. The van der Waals surface area contributed by atoms with Gasteiger partial charge >= 0.3 is 12.5 Å². The summed E-state index contributed by atoms with van der Waals surface area (Å²) in [6.45, 7) is 6.73. The molecule has 0 aliphatic carbocycles. The number of benzene rings is 1. The number of hydrogen-bond acceptors (Lipinski definition) is 3. The van der Waals surface area contributed by atoms with Crippen LogP contribution in [0.3, 0.4) is 0 Å². The molecule has 1 saturated heterocycles. The number of alkyl halides is 4. The molecule has 2 rings (SSSR count). The Morgan fingerprint density at radius 3 is 2.52 bits per heavy atom. The van der Waals surface area contributed by atoms with Gasteiger partial charge in [-0.25, -0.2) is 0 Å². The first-order valence-electron chi connectivity index (χ1n) is 7.45. The van der Waals surface area contributed by atoms with Crippen LogP contribution in [0, 0.1) is 0 Å². The van der Waals surface area contributed by atoms with Gasteiger partial charge in [0.15, 0.2) is 0 Å². The van der Waals surface area contributed by atoms with Gasteiger partial charge in [-0.15, -0.1) is 6.58 Å². The quantitative estimate of drug-likeness (QED) is 0.611. The Morgan fingerprint density at radius 2 is 1.91 bits per heavy atom. The highest BCUT2D eigenvalue weighted by Crippen LogP contribution is 2.36. The van der Waals surface area contributed by atoms with E-state index in [0.717, 1.165) is 26.2 Å². The molecule has 0 radical (unpaired) electrons. The minimum atomic E-state index is -4.52. The van der Waals surface area contributed by atoms with Gasteiger partial charge in [0.2, 0.25) is 0 Å². The second-order valence-corrected chi connectivity index (χ2v) is 5.33. The van der Waals surface area contributed by atoms with Crippen molar-refractivity contribution in [2.45, 2.75) is 25.0 Å². The largest absolute Gasteiger partial charge is 0.461 e. The second kappa shape index (κ2) is 7.79. The smallest absolute Gasteiger partial charge is 0.428 e. The highest BCUT2D eigenvalue weighted by Gasteiger charge is 2.44. The van der Waals surface area contributed by atoms with E-state index in [1.807, 2.05) is 0 Å². The fourth-order valence-electron chi connectivity index (χ4n) is 2.66. The average molecular weight is 332 g/mol. The standard InChI is InChI=1S/C16H20F4N2O/c1-2-5-13(22-10-8-21-9-11-22)12-6-3-4-7-14(12)23-16(19,20)15(17)18/h2-4,6-7,13,15,21H,1,5,8-11H2/t13-/m1/s1. The van der Waals surface area contributed by atoms with Crippen molar-refractivity contribution in [1.82, 2.24) is 10.2 Å². The summed E-state index contributed by atoms with van der Waals surface area (Å²) in [4.78, 5) is 2.11. The highest BCUT2D eigenvalue weighted by atomic mass is 19.3. The van der Waals surface area contributed by atoms with Gasteiger partial charge in [-0.05, 0) is 12.5 Å². The van der Waals surface area contributed by atoms with Crippen molar-refractivity contribution in [3.63, 3.8) is 0 Å². The predicted molar refractivity (Wildman–Crippen MR) is 80.0 cm³/mol. The lowest BCUT2D eigenvalue weighted by Crippen LogP contribution is -2.45. The lowest BCUT2D eigenvalue weighted by atomic mass is 10.00. The van der Waals surface area contributed by atoms with Crippen molar-refractivity contribution in [3.05, 3.63) is 42.5 Å². The van der Waals surface area contributed by atoms with Crippen LogP contribution in [0.5, 0.6) is 5.75 Å². The van der Waals surface area contributed by atoms with Crippen molar-refractivity contribution >= 4 is 0 Å². The molecule has 0 unspecified atom stereocenters. The Kier molecular flexibility index (Phi) is 6.01. The first kappa shape index (κ1) is 17.7. The van der Waals surface area contributed by atoms with Gasteiger partial charge in [-0.1, -0.05) is 24.3 Å². The van der Waals surface area contributed by atoms with E-state index in [0.29, 0.717) is 12.0 Å².